The highest BCUT2D eigenvalue weighted by atomic mass is 35.5. The van der Waals surface area contributed by atoms with Crippen molar-refractivity contribution in [2.45, 2.75) is 12.8 Å². The molecule has 0 spiro atoms. The molecule has 0 aliphatic carbocycles. The van der Waals surface area contributed by atoms with E-state index in [1.54, 1.807) is 31.4 Å². The van der Waals surface area contributed by atoms with Crippen molar-refractivity contribution in [3.8, 4) is 16.9 Å². The van der Waals surface area contributed by atoms with Crippen LogP contribution in [-0.4, -0.2) is 40.2 Å². The molecule has 0 atom stereocenters. The van der Waals surface area contributed by atoms with Gasteiger partial charge in [0.2, 0.25) is 0 Å². The zero-order chi connectivity index (χ0) is 26.5. The van der Waals surface area contributed by atoms with E-state index >= 15 is 0 Å². The summed E-state index contributed by atoms with van der Waals surface area (Å²) in [6.07, 6.45) is 0.746. The second-order valence-electron chi connectivity index (χ2n) is 8.02. The average molecular weight is 526 g/mol. The standard InChI is InChI=1S/C26H22ClF2N5O3/c1-37-11-5-8-22(35)21-14-23(34(33-21)16-6-3-2-4-7-16)31-26(36)17-12-15(9-10-18(17)27)24-19(28)13-20(29)25(30)32-24/h2-4,6-7,9-10,12-14H,5,8,11H2,1H3,(H2,30,32)(H,31,36). The maximum absolute atomic E-state index is 14.4. The number of halogens is 3. The highest BCUT2D eigenvalue weighted by Gasteiger charge is 2.20. The van der Waals surface area contributed by atoms with E-state index in [4.69, 9.17) is 22.1 Å². The molecule has 0 unspecified atom stereocenters. The molecule has 0 bridgehead atoms. The molecule has 2 aromatic carbocycles. The largest absolute Gasteiger partial charge is 0.385 e. The lowest BCUT2D eigenvalue weighted by Gasteiger charge is -2.11. The van der Waals surface area contributed by atoms with E-state index in [1.807, 2.05) is 6.07 Å². The fourth-order valence-corrected chi connectivity index (χ4v) is 3.79. The Kier molecular flexibility index (Phi) is 7.90. The van der Waals surface area contributed by atoms with Gasteiger partial charge in [-0.05, 0) is 30.7 Å². The number of ether oxygens (including phenoxy) is 1. The number of carbonyl (C=O) groups is 2. The predicted octanol–water partition coefficient (Wildman–Crippen LogP) is 5.31. The van der Waals surface area contributed by atoms with Gasteiger partial charge < -0.3 is 15.8 Å². The number of carbonyl (C=O) groups excluding carboxylic acids is 2. The molecule has 0 saturated heterocycles. The molecular weight excluding hydrogens is 504 g/mol. The van der Waals surface area contributed by atoms with Crippen LogP contribution in [0.15, 0.2) is 60.7 Å². The number of benzene rings is 2. The first-order valence-corrected chi connectivity index (χ1v) is 11.6. The Morgan fingerprint density at radius 2 is 1.84 bits per heavy atom. The summed E-state index contributed by atoms with van der Waals surface area (Å²) in [6.45, 7) is 0.429. The maximum Gasteiger partial charge on any atom is 0.258 e. The molecule has 1 amide bonds. The molecule has 190 valence electrons. The van der Waals surface area contributed by atoms with Crippen LogP contribution in [0.5, 0.6) is 0 Å². The van der Waals surface area contributed by atoms with Crippen molar-refractivity contribution in [1.29, 1.82) is 0 Å². The molecule has 2 aromatic heterocycles. The summed E-state index contributed by atoms with van der Waals surface area (Å²) < 4.78 is 34.4. The van der Waals surface area contributed by atoms with E-state index in [-0.39, 0.29) is 45.6 Å². The minimum atomic E-state index is -0.991. The molecular formula is C26H22ClF2N5O3. The van der Waals surface area contributed by atoms with Gasteiger partial charge in [-0.2, -0.15) is 5.10 Å². The van der Waals surface area contributed by atoms with Gasteiger partial charge in [0, 0.05) is 37.8 Å². The van der Waals surface area contributed by atoms with Gasteiger partial charge in [0.05, 0.1) is 16.3 Å². The van der Waals surface area contributed by atoms with Crippen molar-refractivity contribution in [2.24, 2.45) is 0 Å². The summed E-state index contributed by atoms with van der Waals surface area (Å²) in [5.74, 6) is -3.04. The minimum Gasteiger partial charge on any atom is -0.385 e. The number of hydrogen-bond acceptors (Lipinski definition) is 6. The van der Waals surface area contributed by atoms with E-state index in [9.17, 15) is 18.4 Å². The minimum absolute atomic E-state index is 0.00274. The van der Waals surface area contributed by atoms with E-state index in [0.717, 1.165) is 0 Å². The Hall–Kier alpha value is -4.15. The Labute approximate surface area is 216 Å². The first kappa shape index (κ1) is 25.9. The average Bonchev–Trinajstić information content (AvgIpc) is 3.31. The topological polar surface area (TPSA) is 112 Å². The van der Waals surface area contributed by atoms with E-state index in [2.05, 4.69) is 15.4 Å². The van der Waals surface area contributed by atoms with Crippen molar-refractivity contribution in [3.63, 3.8) is 0 Å². The number of amides is 1. The Balaban J connectivity index is 1.68. The molecule has 2 heterocycles. The number of anilines is 2. The number of ketones is 1. The number of pyridine rings is 1. The Morgan fingerprint density at radius 1 is 1.08 bits per heavy atom. The number of aromatic nitrogens is 3. The van der Waals surface area contributed by atoms with Gasteiger partial charge in [-0.25, -0.2) is 18.4 Å². The van der Waals surface area contributed by atoms with Crippen molar-refractivity contribution < 1.29 is 23.1 Å². The molecule has 0 radical (unpaired) electrons. The van der Waals surface area contributed by atoms with Crippen LogP contribution < -0.4 is 11.1 Å². The monoisotopic (exact) mass is 525 g/mol. The fraction of sp³-hybridized carbons (Fsp3) is 0.154. The van der Waals surface area contributed by atoms with E-state index in [1.165, 1.54) is 28.9 Å². The van der Waals surface area contributed by atoms with Crippen LogP contribution in [0.1, 0.15) is 33.7 Å². The number of nitrogens with two attached hydrogens (primary N) is 1. The number of Topliss-reactive ketones (excluding diaryl/α,β-unsaturated/α-hetero) is 1. The van der Waals surface area contributed by atoms with Crippen LogP contribution >= 0.6 is 11.6 Å². The van der Waals surface area contributed by atoms with Gasteiger partial charge in [-0.1, -0.05) is 35.9 Å². The van der Waals surface area contributed by atoms with Crippen LogP contribution in [0.3, 0.4) is 0 Å². The van der Waals surface area contributed by atoms with Gasteiger partial charge in [0.15, 0.2) is 23.2 Å². The van der Waals surface area contributed by atoms with Crippen molar-refractivity contribution in [2.75, 3.05) is 24.8 Å². The molecule has 4 aromatic rings. The molecule has 0 aliphatic rings. The Morgan fingerprint density at radius 3 is 2.57 bits per heavy atom. The number of nitrogens with zero attached hydrogens (tertiary/aromatic N) is 3. The SMILES string of the molecule is COCCCC(=O)c1cc(NC(=O)c2cc(-c3nc(N)c(F)cc3F)ccc2Cl)n(-c2ccccc2)n1. The van der Waals surface area contributed by atoms with E-state index < -0.39 is 23.4 Å². The fourth-order valence-electron chi connectivity index (χ4n) is 3.59. The van der Waals surface area contributed by atoms with Gasteiger partial charge in [0.1, 0.15) is 17.2 Å². The molecule has 11 heteroatoms. The smallest absolute Gasteiger partial charge is 0.258 e. The zero-order valence-corrected chi connectivity index (χ0v) is 20.4. The lowest BCUT2D eigenvalue weighted by atomic mass is 10.1. The lowest BCUT2D eigenvalue weighted by Crippen LogP contribution is -2.16. The molecule has 8 nitrogen and oxygen atoms in total. The molecule has 37 heavy (non-hydrogen) atoms. The summed E-state index contributed by atoms with van der Waals surface area (Å²) in [5.41, 5.74) is 6.21. The summed E-state index contributed by atoms with van der Waals surface area (Å²) in [5, 5.41) is 7.20. The van der Waals surface area contributed by atoms with Gasteiger partial charge >= 0.3 is 0 Å². The zero-order valence-electron chi connectivity index (χ0n) is 19.7. The number of hydrogen-bond donors (Lipinski definition) is 2. The predicted molar refractivity (Wildman–Crippen MR) is 136 cm³/mol. The Bertz CT molecular complexity index is 1460. The highest BCUT2D eigenvalue weighted by Crippen LogP contribution is 2.29. The first-order chi connectivity index (χ1) is 17.8. The van der Waals surface area contributed by atoms with Crippen molar-refractivity contribution in [1.82, 2.24) is 14.8 Å². The summed E-state index contributed by atoms with van der Waals surface area (Å²) in [4.78, 5) is 29.7. The third kappa shape index (κ3) is 5.82. The first-order valence-electron chi connectivity index (χ1n) is 11.2. The quantitative estimate of drug-likeness (QED) is 0.226. The molecule has 0 saturated carbocycles. The van der Waals surface area contributed by atoms with Crippen LogP contribution in [0.25, 0.3) is 16.9 Å². The molecule has 4 rings (SSSR count). The summed E-state index contributed by atoms with van der Waals surface area (Å²) in [6, 6.07) is 15.2. The third-order valence-electron chi connectivity index (χ3n) is 5.43. The van der Waals surface area contributed by atoms with Gasteiger partial charge in [0.25, 0.3) is 5.91 Å². The number of para-hydroxylation sites is 1. The molecule has 0 fully saturated rings. The highest BCUT2D eigenvalue weighted by molar-refractivity contribution is 6.34. The molecule has 0 aliphatic heterocycles. The third-order valence-corrected chi connectivity index (χ3v) is 5.76. The van der Waals surface area contributed by atoms with Crippen molar-refractivity contribution >= 4 is 34.9 Å². The van der Waals surface area contributed by atoms with Crippen LogP contribution in [0.2, 0.25) is 5.02 Å². The van der Waals surface area contributed by atoms with Crippen molar-refractivity contribution in [3.05, 3.63) is 88.6 Å². The van der Waals surface area contributed by atoms with E-state index in [0.29, 0.717) is 24.8 Å². The van der Waals surface area contributed by atoms with Crippen LogP contribution in [-0.2, 0) is 4.74 Å². The number of nitrogens with one attached hydrogen (secondary N) is 1. The number of nitrogen functional groups attached to an aromatic ring is 1. The second kappa shape index (κ2) is 11.3. The summed E-state index contributed by atoms with van der Waals surface area (Å²) in [7, 11) is 1.55. The number of methoxy groups -OCH3 is 1. The van der Waals surface area contributed by atoms with Crippen LogP contribution in [0.4, 0.5) is 20.4 Å². The molecule has 3 N–H and O–H groups in total. The lowest BCUT2D eigenvalue weighted by molar-refractivity contribution is 0.0957. The van der Waals surface area contributed by atoms with Crippen LogP contribution in [0, 0.1) is 11.6 Å². The number of rotatable bonds is 9. The van der Waals surface area contributed by atoms with Gasteiger partial charge in [-0.3, -0.25) is 9.59 Å². The normalized spacial score (nSPS) is 10.9. The maximum atomic E-state index is 14.4. The second-order valence-corrected chi connectivity index (χ2v) is 8.42. The summed E-state index contributed by atoms with van der Waals surface area (Å²) >= 11 is 6.28. The van der Waals surface area contributed by atoms with Gasteiger partial charge in [-0.15, -0.1) is 0 Å².